The molecule has 0 atom stereocenters. The van der Waals surface area contributed by atoms with Crippen molar-refractivity contribution < 1.29 is 4.79 Å². The van der Waals surface area contributed by atoms with Crippen molar-refractivity contribution in [2.45, 2.75) is 20.4 Å². The number of aryl methyl sites for hydroxylation is 2. The number of carbonyl (C=O) groups is 1. The third kappa shape index (κ3) is 3.21. The van der Waals surface area contributed by atoms with Gasteiger partial charge in [0.1, 0.15) is 5.82 Å². The minimum atomic E-state index is -0.214. The molecule has 4 aromatic rings. The smallest absolute Gasteiger partial charge is 0.257 e. The van der Waals surface area contributed by atoms with Crippen molar-refractivity contribution in [3.05, 3.63) is 69.8 Å². The average molecular weight is 363 g/mol. The average Bonchev–Trinajstić information content (AvgIpc) is 3.25. The van der Waals surface area contributed by atoms with Gasteiger partial charge < -0.3 is 5.32 Å². The van der Waals surface area contributed by atoms with Gasteiger partial charge in [-0.3, -0.25) is 4.79 Å². The first kappa shape index (κ1) is 16.4. The maximum Gasteiger partial charge on any atom is 0.257 e. The van der Waals surface area contributed by atoms with Gasteiger partial charge in [-0.05, 0) is 43.5 Å². The normalized spacial score (nSPS) is 11.0. The van der Waals surface area contributed by atoms with E-state index in [4.69, 9.17) is 0 Å². The Morgan fingerprint density at radius 2 is 2.04 bits per heavy atom. The zero-order valence-electron chi connectivity index (χ0n) is 14.4. The molecule has 0 radical (unpaired) electrons. The Hall–Kier alpha value is -3.06. The molecule has 6 nitrogen and oxygen atoms in total. The molecule has 0 aliphatic rings. The lowest BCUT2D eigenvalue weighted by Gasteiger charge is -2.08. The summed E-state index contributed by atoms with van der Waals surface area (Å²) in [7, 11) is 0. The number of rotatable bonds is 4. The van der Waals surface area contributed by atoms with E-state index in [1.807, 2.05) is 42.1 Å². The predicted molar refractivity (Wildman–Crippen MR) is 103 cm³/mol. The van der Waals surface area contributed by atoms with Crippen LogP contribution in [0.4, 0.5) is 5.82 Å². The number of fused-ring (bicyclic) bond motifs is 1. The highest BCUT2D eigenvalue weighted by atomic mass is 32.1. The van der Waals surface area contributed by atoms with Crippen molar-refractivity contribution in [2.75, 3.05) is 5.32 Å². The standard InChI is InChI=1S/C19H17N5OS/c1-12-5-3-7-17(21-12)23-19(25)15-9-13(2)22-18-16(15)10-20-24(18)11-14-6-4-8-26-14/h3-10H,11H2,1-2H3,(H,21,23,25). The Balaban J connectivity index is 1.70. The second kappa shape index (κ2) is 6.68. The molecule has 0 aromatic carbocycles. The maximum atomic E-state index is 12.8. The summed E-state index contributed by atoms with van der Waals surface area (Å²) in [5.41, 5.74) is 2.88. The summed E-state index contributed by atoms with van der Waals surface area (Å²) in [6.45, 7) is 4.40. The van der Waals surface area contributed by atoms with Crippen LogP contribution < -0.4 is 5.32 Å². The molecule has 0 spiro atoms. The van der Waals surface area contributed by atoms with E-state index < -0.39 is 0 Å². The summed E-state index contributed by atoms with van der Waals surface area (Å²) >= 11 is 1.67. The van der Waals surface area contributed by atoms with Crippen LogP contribution in [-0.2, 0) is 6.54 Å². The van der Waals surface area contributed by atoms with Gasteiger partial charge in [0.2, 0.25) is 0 Å². The number of hydrogen-bond donors (Lipinski definition) is 1. The highest BCUT2D eigenvalue weighted by Gasteiger charge is 2.16. The lowest BCUT2D eigenvalue weighted by atomic mass is 10.1. The van der Waals surface area contributed by atoms with Gasteiger partial charge in [0.25, 0.3) is 5.91 Å². The molecule has 7 heteroatoms. The summed E-state index contributed by atoms with van der Waals surface area (Å²) in [6.07, 6.45) is 1.70. The number of anilines is 1. The van der Waals surface area contributed by atoms with Crippen LogP contribution >= 0.6 is 11.3 Å². The molecular weight excluding hydrogens is 346 g/mol. The maximum absolute atomic E-state index is 12.8. The molecule has 0 fully saturated rings. The number of amides is 1. The fraction of sp³-hybridized carbons (Fsp3) is 0.158. The van der Waals surface area contributed by atoms with Crippen LogP contribution in [0.25, 0.3) is 11.0 Å². The quantitative estimate of drug-likeness (QED) is 0.598. The largest absolute Gasteiger partial charge is 0.307 e. The molecule has 0 saturated heterocycles. The molecule has 130 valence electrons. The van der Waals surface area contributed by atoms with Crippen LogP contribution in [0.15, 0.2) is 48.0 Å². The SMILES string of the molecule is Cc1cccc(NC(=O)c2cc(C)nc3c2cnn3Cc2cccs2)n1. The van der Waals surface area contributed by atoms with Crippen LogP contribution in [0.2, 0.25) is 0 Å². The zero-order chi connectivity index (χ0) is 18.1. The molecule has 0 aliphatic carbocycles. The first-order chi connectivity index (χ1) is 12.6. The summed E-state index contributed by atoms with van der Waals surface area (Å²) < 4.78 is 1.83. The Morgan fingerprint density at radius 1 is 1.15 bits per heavy atom. The first-order valence-corrected chi connectivity index (χ1v) is 9.09. The number of thiophene rings is 1. The third-order valence-corrected chi connectivity index (χ3v) is 4.86. The van der Waals surface area contributed by atoms with Gasteiger partial charge >= 0.3 is 0 Å². The summed E-state index contributed by atoms with van der Waals surface area (Å²) in [6, 6.07) is 11.4. The van der Waals surface area contributed by atoms with Crippen molar-refractivity contribution in [1.29, 1.82) is 0 Å². The number of pyridine rings is 2. The van der Waals surface area contributed by atoms with Crippen molar-refractivity contribution in [1.82, 2.24) is 19.7 Å². The minimum Gasteiger partial charge on any atom is -0.307 e. The number of hydrogen-bond acceptors (Lipinski definition) is 5. The van der Waals surface area contributed by atoms with E-state index >= 15 is 0 Å². The van der Waals surface area contributed by atoms with Crippen molar-refractivity contribution in [2.24, 2.45) is 0 Å². The van der Waals surface area contributed by atoms with Gasteiger partial charge in [0.15, 0.2) is 5.65 Å². The molecule has 0 saturated carbocycles. The van der Waals surface area contributed by atoms with E-state index in [1.165, 1.54) is 4.88 Å². The zero-order valence-corrected chi connectivity index (χ0v) is 15.2. The fourth-order valence-electron chi connectivity index (χ4n) is 2.82. The van der Waals surface area contributed by atoms with Crippen LogP contribution in [-0.4, -0.2) is 25.7 Å². The van der Waals surface area contributed by atoms with E-state index in [9.17, 15) is 4.79 Å². The molecular formula is C19H17N5OS. The second-order valence-electron chi connectivity index (χ2n) is 6.05. The van der Waals surface area contributed by atoms with Crippen LogP contribution in [0.1, 0.15) is 26.6 Å². The molecule has 4 rings (SSSR count). The second-order valence-corrected chi connectivity index (χ2v) is 7.08. The predicted octanol–water partition coefficient (Wildman–Crippen LogP) is 3.81. The van der Waals surface area contributed by atoms with Gasteiger partial charge in [-0.2, -0.15) is 5.10 Å². The Labute approximate surface area is 154 Å². The molecule has 0 aliphatic heterocycles. The van der Waals surface area contributed by atoms with E-state index in [0.29, 0.717) is 23.6 Å². The highest BCUT2D eigenvalue weighted by Crippen LogP contribution is 2.21. The van der Waals surface area contributed by atoms with E-state index in [2.05, 4.69) is 26.4 Å². The minimum absolute atomic E-state index is 0.214. The molecule has 4 aromatic heterocycles. The molecule has 1 N–H and O–H groups in total. The Bertz CT molecular complexity index is 1080. The lowest BCUT2D eigenvalue weighted by Crippen LogP contribution is -2.14. The van der Waals surface area contributed by atoms with Gasteiger partial charge in [-0.1, -0.05) is 12.1 Å². The molecule has 0 bridgehead atoms. The van der Waals surface area contributed by atoms with E-state index in [1.54, 1.807) is 29.7 Å². The number of nitrogens with zero attached hydrogens (tertiary/aromatic N) is 4. The molecule has 0 unspecified atom stereocenters. The lowest BCUT2D eigenvalue weighted by molar-refractivity contribution is 0.102. The van der Waals surface area contributed by atoms with Crippen molar-refractivity contribution in [3.63, 3.8) is 0 Å². The summed E-state index contributed by atoms with van der Waals surface area (Å²) in [5.74, 6) is 0.317. The number of carbonyl (C=O) groups excluding carboxylic acids is 1. The summed E-state index contributed by atoms with van der Waals surface area (Å²) in [5, 5.41) is 10.1. The Kier molecular flexibility index (Phi) is 4.22. The number of aromatic nitrogens is 4. The van der Waals surface area contributed by atoms with Gasteiger partial charge in [-0.15, -0.1) is 11.3 Å². The molecule has 4 heterocycles. The molecule has 26 heavy (non-hydrogen) atoms. The molecule has 1 amide bonds. The van der Waals surface area contributed by atoms with Gasteiger partial charge in [0, 0.05) is 16.3 Å². The number of nitrogens with one attached hydrogen (secondary N) is 1. The fourth-order valence-corrected chi connectivity index (χ4v) is 3.51. The van der Waals surface area contributed by atoms with Crippen molar-refractivity contribution >= 4 is 34.1 Å². The first-order valence-electron chi connectivity index (χ1n) is 8.21. The Morgan fingerprint density at radius 3 is 2.81 bits per heavy atom. The van der Waals surface area contributed by atoms with E-state index in [0.717, 1.165) is 16.8 Å². The van der Waals surface area contributed by atoms with Crippen LogP contribution in [0, 0.1) is 13.8 Å². The topological polar surface area (TPSA) is 72.7 Å². The summed E-state index contributed by atoms with van der Waals surface area (Å²) in [4.78, 5) is 22.9. The van der Waals surface area contributed by atoms with Crippen molar-refractivity contribution in [3.8, 4) is 0 Å². The van der Waals surface area contributed by atoms with Gasteiger partial charge in [-0.25, -0.2) is 14.6 Å². The highest BCUT2D eigenvalue weighted by molar-refractivity contribution is 7.09. The van der Waals surface area contributed by atoms with Gasteiger partial charge in [0.05, 0.1) is 23.7 Å². The third-order valence-electron chi connectivity index (χ3n) is 4.00. The van der Waals surface area contributed by atoms with Crippen LogP contribution in [0.3, 0.4) is 0 Å². The van der Waals surface area contributed by atoms with Crippen LogP contribution in [0.5, 0.6) is 0 Å². The monoisotopic (exact) mass is 363 g/mol. The van der Waals surface area contributed by atoms with E-state index in [-0.39, 0.29) is 5.91 Å².